The van der Waals surface area contributed by atoms with E-state index in [9.17, 15) is 0 Å². The zero-order valence-electron chi connectivity index (χ0n) is 16.4. The zero-order chi connectivity index (χ0) is 17.6. The van der Waals surface area contributed by atoms with Crippen molar-refractivity contribution in [3.63, 3.8) is 0 Å². The number of hydrogen-bond donors (Lipinski definition) is 0. The Morgan fingerprint density at radius 2 is 1.68 bits per heavy atom. The smallest absolute Gasteiger partial charge is 0.115 e. The minimum absolute atomic E-state index is 0.209. The third-order valence-electron chi connectivity index (χ3n) is 6.13. The van der Waals surface area contributed by atoms with Crippen LogP contribution in [-0.4, -0.2) is 55.4 Å². The molecule has 3 nitrogen and oxygen atoms in total. The highest BCUT2D eigenvalue weighted by atomic mass is 16.5. The van der Waals surface area contributed by atoms with Gasteiger partial charge in [-0.05, 0) is 50.3 Å². The van der Waals surface area contributed by atoms with Crippen molar-refractivity contribution >= 4 is 0 Å². The molecule has 1 aromatic rings. The van der Waals surface area contributed by atoms with Gasteiger partial charge in [0.2, 0.25) is 0 Å². The molecule has 0 bridgehead atoms. The largest absolute Gasteiger partial charge is 0.360 e. The van der Waals surface area contributed by atoms with E-state index < -0.39 is 0 Å². The number of likely N-dealkylation sites (N-methyl/N-ethyl adjacent to an activating group) is 1. The molecule has 1 aromatic carbocycles. The molecule has 3 heteroatoms. The van der Waals surface area contributed by atoms with Crippen LogP contribution in [0.5, 0.6) is 0 Å². The Balaban J connectivity index is 1.64. The third kappa shape index (κ3) is 5.29. The van der Waals surface area contributed by atoms with Crippen LogP contribution in [0.2, 0.25) is 0 Å². The second-order valence-electron chi connectivity index (χ2n) is 8.08. The zero-order valence-corrected chi connectivity index (χ0v) is 16.4. The Labute approximate surface area is 154 Å². The molecule has 2 fully saturated rings. The van der Waals surface area contributed by atoms with E-state index in [2.05, 4.69) is 55.0 Å². The Hall–Kier alpha value is -0.900. The normalized spacial score (nSPS) is 23.0. The minimum atomic E-state index is 0.209. The van der Waals surface area contributed by atoms with Crippen LogP contribution in [-0.2, 0) is 11.2 Å². The van der Waals surface area contributed by atoms with Crippen molar-refractivity contribution in [2.75, 3.05) is 33.2 Å². The maximum Gasteiger partial charge on any atom is 0.115 e. The van der Waals surface area contributed by atoms with E-state index in [1.165, 1.54) is 31.2 Å². The van der Waals surface area contributed by atoms with Crippen LogP contribution in [0.15, 0.2) is 24.3 Å². The maximum atomic E-state index is 6.42. The summed E-state index contributed by atoms with van der Waals surface area (Å²) in [6, 6.07) is 9.43. The van der Waals surface area contributed by atoms with Crippen LogP contribution in [0.4, 0.5) is 0 Å². The molecule has 0 amide bonds. The molecule has 1 aliphatic carbocycles. The first-order valence-corrected chi connectivity index (χ1v) is 10.3. The summed E-state index contributed by atoms with van der Waals surface area (Å²) in [6.45, 7) is 8.91. The maximum absolute atomic E-state index is 6.42. The summed E-state index contributed by atoms with van der Waals surface area (Å²) in [5.41, 5.74) is 2.95. The Morgan fingerprint density at radius 3 is 2.28 bits per heavy atom. The second-order valence-corrected chi connectivity index (χ2v) is 8.08. The van der Waals surface area contributed by atoms with Crippen molar-refractivity contribution in [3.05, 3.63) is 35.4 Å². The highest BCUT2D eigenvalue weighted by molar-refractivity contribution is 5.26. The minimum Gasteiger partial charge on any atom is -0.360 e. The fourth-order valence-electron chi connectivity index (χ4n) is 4.12. The third-order valence-corrected chi connectivity index (χ3v) is 6.13. The van der Waals surface area contributed by atoms with E-state index in [1.807, 2.05) is 0 Å². The molecule has 0 spiro atoms. The predicted octanol–water partition coefficient (Wildman–Crippen LogP) is 4.28. The van der Waals surface area contributed by atoms with Gasteiger partial charge in [-0.15, -0.1) is 0 Å². The van der Waals surface area contributed by atoms with Crippen molar-refractivity contribution in [2.45, 2.75) is 70.6 Å². The fraction of sp³-hybridized carbons (Fsp3) is 0.727. The van der Waals surface area contributed by atoms with Gasteiger partial charge in [0, 0.05) is 32.6 Å². The molecule has 140 valence electrons. The van der Waals surface area contributed by atoms with Crippen LogP contribution in [0.25, 0.3) is 0 Å². The summed E-state index contributed by atoms with van der Waals surface area (Å²) in [5.74, 6) is 0.804. The average Bonchev–Trinajstić information content (AvgIpc) is 3.17. The van der Waals surface area contributed by atoms with Gasteiger partial charge in [-0.2, -0.15) is 0 Å². The molecule has 0 aromatic heterocycles. The lowest BCUT2D eigenvalue weighted by atomic mass is 9.96. The molecular formula is C22H36N2O. The predicted molar refractivity (Wildman–Crippen MR) is 105 cm³/mol. The first-order valence-electron chi connectivity index (χ1n) is 10.3. The average molecular weight is 345 g/mol. The molecular weight excluding hydrogens is 308 g/mol. The summed E-state index contributed by atoms with van der Waals surface area (Å²) in [7, 11) is 2.21. The molecule has 1 saturated heterocycles. The molecule has 1 saturated carbocycles. The lowest BCUT2D eigenvalue weighted by molar-refractivity contribution is -0.104. The Bertz CT molecular complexity index is 501. The van der Waals surface area contributed by atoms with Crippen molar-refractivity contribution in [3.8, 4) is 0 Å². The molecule has 2 unspecified atom stereocenters. The molecule has 3 rings (SSSR count). The van der Waals surface area contributed by atoms with Crippen LogP contribution in [0.3, 0.4) is 0 Å². The quantitative estimate of drug-likeness (QED) is 0.734. The number of nitrogens with zero attached hydrogens (tertiary/aromatic N) is 2. The summed E-state index contributed by atoms with van der Waals surface area (Å²) < 4.78 is 6.42. The van der Waals surface area contributed by atoms with Crippen LogP contribution < -0.4 is 0 Å². The Kier molecular flexibility index (Phi) is 6.92. The fourth-order valence-corrected chi connectivity index (χ4v) is 4.12. The molecule has 1 aliphatic heterocycles. The van der Waals surface area contributed by atoms with Gasteiger partial charge in [0.15, 0.2) is 0 Å². The van der Waals surface area contributed by atoms with Gasteiger partial charge in [-0.1, -0.05) is 44.0 Å². The van der Waals surface area contributed by atoms with Gasteiger partial charge in [0.1, 0.15) is 6.23 Å². The van der Waals surface area contributed by atoms with E-state index >= 15 is 0 Å². The first-order chi connectivity index (χ1) is 12.2. The van der Waals surface area contributed by atoms with Gasteiger partial charge in [-0.3, -0.25) is 4.90 Å². The molecule has 2 atom stereocenters. The van der Waals surface area contributed by atoms with Crippen LogP contribution >= 0.6 is 0 Å². The Morgan fingerprint density at radius 1 is 1.04 bits per heavy atom. The van der Waals surface area contributed by atoms with Crippen molar-refractivity contribution < 1.29 is 4.74 Å². The number of benzene rings is 1. The van der Waals surface area contributed by atoms with E-state index in [0.717, 1.165) is 44.9 Å². The topological polar surface area (TPSA) is 15.7 Å². The molecule has 2 aliphatic rings. The van der Waals surface area contributed by atoms with Crippen LogP contribution in [0, 0.1) is 0 Å². The summed E-state index contributed by atoms with van der Waals surface area (Å²) >= 11 is 0. The lowest BCUT2D eigenvalue weighted by Crippen LogP contribution is -2.51. The summed E-state index contributed by atoms with van der Waals surface area (Å²) in [6.07, 6.45) is 8.16. The lowest BCUT2D eigenvalue weighted by Gasteiger charge is -2.38. The van der Waals surface area contributed by atoms with Gasteiger partial charge < -0.3 is 9.64 Å². The molecule has 0 N–H and O–H groups in total. The molecule has 25 heavy (non-hydrogen) atoms. The highest BCUT2D eigenvalue weighted by Crippen LogP contribution is 2.34. The highest BCUT2D eigenvalue weighted by Gasteiger charge is 2.25. The van der Waals surface area contributed by atoms with Gasteiger partial charge in [0.25, 0.3) is 0 Å². The second kappa shape index (κ2) is 9.16. The first kappa shape index (κ1) is 18.9. The number of piperazine rings is 1. The van der Waals surface area contributed by atoms with E-state index in [0.29, 0.717) is 6.10 Å². The van der Waals surface area contributed by atoms with E-state index in [4.69, 9.17) is 4.74 Å². The van der Waals surface area contributed by atoms with Crippen molar-refractivity contribution in [1.82, 2.24) is 9.80 Å². The van der Waals surface area contributed by atoms with E-state index in [-0.39, 0.29) is 6.23 Å². The van der Waals surface area contributed by atoms with Crippen molar-refractivity contribution in [2.24, 2.45) is 0 Å². The standard InChI is InChI=1S/C22H36N2O/c1-4-18(2)25-22(24-15-13-23(3)14-16-24)17-19-9-11-21(12-10-19)20-7-5-6-8-20/h9-12,18,20,22H,4-8,13-17H2,1-3H3. The number of ether oxygens (including phenoxy) is 1. The summed E-state index contributed by atoms with van der Waals surface area (Å²) in [4.78, 5) is 4.95. The molecule has 1 heterocycles. The van der Waals surface area contributed by atoms with Crippen molar-refractivity contribution in [1.29, 1.82) is 0 Å². The number of rotatable bonds is 7. The van der Waals surface area contributed by atoms with E-state index in [1.54, 1.807) is 5.56 Å². The van der Waals surface area contributed by atoms with Gasteiger partial charge in [-0.25, -0.2) is 0 Å². The SMILES string of the molecule is CCC(C)OC(Cc1ccc(C2CCCC2)cc1)N1CCN(C)CC1. The monoisotopic (exact) mass is 344 g/mol. The summed E-state index contributed by atoms with van der Waals surface area (Å²) in [5, 5.41) is 0. The molecule has 0 radical (unpaired) electrons. The van der Waals surface area contributed by atoms with Crippen LogP contribution in [0.1, 0.15) is 63.0 Å². The number of hydrogen-bond acceptors (Lipinski definition) is 3. The van der Waals surface area contributed by atoms with Gasteiger partial charge in [0.05, 0.1) is 6.10 Å². The van der Waals surface area contributed by atoms with Gasteiger partial charge >= 0.3 is 0 Å².